The molecule has 0 fully saturated rings. The first-order valence-electron chi connectivity index (χ1n) is 6.49. The molecular weight excluding hydrogens is 396 g/mol. The Morgan fingerprint density at radius 3 is 2.33 bits per heavy atom. The summed E-state index contributed by atoms with van der Waals surface area (Å²) >= 11 is 6.95. The van der Waals surface area contributed by atoms with Gasteiger partial charge in [-0.1, -0.05) is 29.8 Å². The summed E-state index contributed by atoms with van der Waals surface area (Å²) in [5, 5.41) is 7.45. The number of nitrogen functional groups attached to an aromatic ring is 1. The van der Waals surface area contributed by atoms with Crippen LogP contribution in [-0.4, -0.2) is 5.84 Å². The van der Waals surface area contributed by atoms with Gasteiger partial charge in [-0.05, 0) is 63.8 Å². The van der Waals surface area contributed by atoms with Crippen LogP contribution in [0.5, 0.6) is 11.5 Å². The van der Waals surface area contributed by atoms with Gasteiger partial charge in [0.25, 0.3) is 0 Å². The van der Waals surface area contributed by atoms with E-state index in [1.165, 1.54) is 0 Å². The van der Waals surface area contributed by atoms with Crippen LogP contribution >= 0.6 is 31.9 Å². The first-order chi connectivity index (χ1) is 9.88. The summed E-state index contributed by atoms with van der Waals surface area (Å²) in [7, 11) is 0. The zero-order valence-electron chi connectivity index (χ0n) is 11.8. The second-order valence-electron chi connectivity index (χ2n) is 5.00. The highest BCUT2D eigenvalue weighted by molar-refractivity contribution is 9.10. The molecule has 21 heavy (non-hydrogen) atoms. The van der Waals surface area contributed by atoms with Crippen LogP contribution in [0.2, 0.25) is 0 Å². The summed E-state index contributed by atoms with van der Waals surface area (Å²) in [6.45, 7) is 4.26. The number of hydrogen-bond acceptors (Lipinski definition) is 2. The zero-order chi connectivity index (χ0) is 15.6. The normalized spacial score (nSPS) is 10.7. The summed E-state index contributed by atoms with van der Waals surface area (Å²) in [5.41, 5.74) is 7.27. The highest BCUT2D eigenvalue weighted by Gasteiger charge is 2.12. The van der Waals surface area contributed by atoms with Gasteiger partial charge in [0.2, 0.25) is 0 Å². The Labute approximate surface area is 141 Å². The van der Waals surface area contributed by atoms with Crippen molar-refractivity contribution in [1.29, 1.82) is 5.41 Å². The summed E-state index contributed by atoms with van der Waals surface area (Å²) < 4.78 is 7.82. The Bertz CT molecular complexity index is 684. The van der Waals surface area contributed by atoms with E-state index in [1.807, 2.05) is 18.2 Å². The number of halogens is 2. The van der Waals surface area contributed by atoms with Gasteiger partial charge in [-0.25, -0.2) is 0 Å². The fourth-order valence-electron chi connectivity index (χ4n) is 1.93. The first-order valence-corrected chi connectivity index (χ1v) is 8.08. The van der Waals surface area contributed by atoms with Crippen molar-refractivity contribution >= 4 is 37.7 Å². The van der Waals surface area contributed by atoms with E-state index in [2.05, 4.69) is 51.8 Å². The second-order valence-corrected chi connectivity index (χ2v) is 6.77. The van der Waals surface area contributed by atoms with Crippen molar-refractivity contribution in [3.05, 3.63) is 56.5 Å². The van der Waals surface area contributed by atoms with E-state index in [4.69, 9.17) is 15.9 Å². The van der Waals surface area contributed by atoms with Gasteiger partial charge in [0.15, 0.2) is 0 Å². The Morgan fingerprint density at radius 2 is 1.76 bits per heavy atom. The van der Waals surface area contributed by atoms with Crippen LogP contribution in [-0.2, 0) is 0 Å². The predicted octanol–water partition coefficient (Wildman–Crippen LogP) is 5.41. The van der Waals surface area contributed by atoms with Crippen LogP contribution in [0.4, 0.5) is 0 Å². The molecule has 0 aromatic heterocycles. The average molecular weight is 412 g/mol. The molecule has 0 saturated heterocycles. The minimum Gasteiger partial charge on any atom is -0.456 e. The van der Waals surface area contributed by atoms with Gasteiger partial charge in [-0.15, -0.1) is 0 Å². The molecule has 3 nitrogen and oxygen atoms in total. The molecule has 0 heterocycles. The Kier molecular flexibility index (Phi) is 5.06. The molecule has 3 N–H and O–H groups in total. The van der Waals surface area contributed by atoms with Gasteiger partial charge in [-0.3, -0.25) is 5.41 Å². The SMILES string of the molecule is CC(C)c1cc(Br)ccc1Oc1ccc(C(=N)N)cc1Br. The molecular formula is C16H16Br2N2O. The molecule has 2 rings (SSSR count). The number of rotatable bonds is 4. The highest BCUT2D eigenvalue weighted by Crippen LogP contribution is 2.36. The maximum atomic E-state index is 7.45. The molecule has 0 aliphatic rings. The Balaban J connectivity index is 2.36. The van der Waals surface area contributed by atoms with Crippen molar-refractivity contribution in [2.45, 2.75) is 19.8 Å². The van der Waals surface area contributed by atoms with Crippen molar-refractivity contribution in [3.8, 4) is 11.5 Å². The lowest BCUT2D eigenvalue weighted by molar-refractivity contribution is 0.470. The number of hydrogen-bond donors (Lipinski definition) is 2. The van der Waals surface area contributed by atoms with Crippen LogP contribution in [0.1, 0.15) is 30.9 Å². The number of ether oxygens (including phenoxy) is 1. The van der Waals surface area contributed by atoms with Crippen LogP contribution in [0.25, 0.3) is 0 Å². The summed E-state index contributed by atoms with van der Waals surface area (Å²) in [6.07, 6.45) is 0. The molecule has 0 radical (unpaired) electrons. The fourth-order valence-corrected chi connectivity index (χ4v) is 2.77. The van der Waals surface area contributed by atoms with Gasteiger partial charge < -0.3 is 10.5 Å². The smallest absolute Gasteiger partial charge is 0.141 e. The third kappa shape index (κ3) is 3.86. The molecule has 0 unspecified atom stereocenters. The standard InChI is InChI=1S/C16H16Br2N2O/c1-9(2)12-8-11(17)4-6-14(12)21-15-5-3-10(16(19)20)7-13(15)18/h3-9H,1-2H3,(H3,19,20). The monoisotopic (exact) mass is 410 g/mol. The number of amidine groups is 1. The summed E-state index contributed by atoms with van der Waals surface area (Å²) in [6, 6.07) is 11.3. The predicted molar refractivity (Wildman–Crippen MR) is 93.5 cm³/mol. The summed E-state index contributed by atoms with van der Waals surface area (Å²) in [4.78, 5) is 0. The van der Waals surface area contributed by atoms with Gasteiger partial charge in [-0.2, -0.15) is 0 Å². The zero-order valence-corrected chi connectivity index (χ0v) is 15.0. The van der Waals surface area contributed by atoms with Crippen molar-refractivity contribution in [1.82, 2.24) is 0 Å². The quantitative estimate of drug-likeness (QED) is 0.521. The topological polar surface area (TPSA) is 59.1 Å². The summed E-state index contributed by atoms with van der Waals surface area (Å²) in [5.74, 6) is 1.91. The van der Waals surface area contributed by atoms with E-state index in [9.17, 15) is 0 Å². The van der Waals surface area contributed by atoms with Crippen LogP contribution in [0.15, 0.2) is 45.3 Å². The average Bonchev–Trinajstić information content (AvgIpc) is 2.42. The molecule has 0 amide bonds. The molecule has 0 atom stereocenters. The lowest BCUT2D eigenvalue weighted by atomic mass is 10.0. The van der Waals surface area contributed by atoms with Crippen LogP contribution in [0, 0.1) is 5.41 Å². The largest absolute Gasteiger partial charge is 0.456 e. The molecule has 110 valence electrons. The Hall–Kier alpha value is -1.33. The van der Waals surface area contributed by atoms with Crippen molar-refractivity contribution < 1.29 is 4.74 Å². The lowest BCUT2D eigenvalue weighted by Crippen LogP contribution is -2.10. The maximum absolute atomic E-state index is 7.45. The highest BCUT2D eigenvalue weighted by atomic mass is 79.9. The maximum Gasteiger partial charge on any atom is 0.141 e. The van der Waals surface area contributed by atoms with Crippen molar-refractivity contribution in [2.75, 3.05) is 0 Å². The van der Waals surface area contributed by atoms with Crippen molar-refractivity contribution in [3.63, 3.8) is 0 Å². The number of benzene rings is 2. The van der Waals surface area contributed by atoms with Crippen LogP contribution < -0.4 is 10.5 Å². The van der Waals surface area contributed by atoms with E-state index >= 15 is 0 Å². The second kappa shape index (κ2) is 6.62. The minimum atomic E-state index is 0.0359. The Morgan fingerprint density at radius 1 is 1.10 bits per heavy atom. The number of nitrogens with one attached hydrogen (secondary N) is 1. The van der Waals surface area contributed by atoms with E-state index < -0.39 is 0 Å². The molecule has 2 aromatic carbocycles. The third-order valence-corrected chi connectivity index (χ3v) is 4.17. The molecule has 0 aliphatic heterocycles. The van der Waals surface area contributed by atoms with E-state index in [-0.39, 0.29) is 5.84 Å². The molecule has 0 aliphatic carbocycles. The lowest BCUT2D eigenvalue weighted by Gasteiger charge is -2.15. The van der Waals surface area contributed by atoms with Crippen LogP contribution in [0.3, 0.4) is 0 Å². The first kappa shape index (κ1) is 16.0. The molecule has 2 aromatic rings. The molecule has 5 heteroatoms. The molecule has 0 bridgehead atoms. The number of nitrogens with two attached hydrogens (primary N) is 1. The molecule has 0 saturated carbocycles. The van der Waals surface area contributed by atoms with Gasteiger partial charge >= 0.3 is 0 Å². The third-order valence-electron chi connectivity index (χ3n) is 3.06. The fraction of sp³-hybridized carbons (Fsp3) is 0.188. The van der Waals surface area contributed by atoms with Gasteiger partial charge in [0.05, 0.1) is 4.47 Å². The van der Waals surface area contributed by atoms with E-state index in [1.54, 1.807) is 12.1 Å². The van der Waals surface area contributed by atoms with E-state index in [0.29, 0.717) is 17.2 Å². The van der Waals surface area contributed by atoms with Gasteiger partial charge in [0, 0.05) is 10.0 Å². The van der Waals surface area contributed by atoms with Gasteiger partial charge in [0.1, 0.15) is 17.3 Å². The molecule has 0 spiro atoms. The van der Waals surface area contributed by atoms with E-state index in [0.717, 1.165) is 20.3 Å². The minimum absolute atomic E-state index is 0.0359. The van der Waals surface area contributed by atoms with Crippen molar-refractivity contribution in [2.24, 2.45) is 5.73 Å².